The zero-order valence-corrected chi connectivity index (χ0v) is 9.04. The first-order valence-corrected chi connectivity index (χ1v) is 5.10. The Hall–Kier alpha value is -2.43. The van der Waals surface area contributed by atoms with Gasteiger partial charge in [-0.3, -0.25) is 9.59 Å². The van der Waals surface area contributed by atoms with Crippen LogP contribution in [0.25, 0.3) is 0 Å². The summed E-state index contributed by atoms with van der Waals surface area (Å²) in [4.78, 5) is 25.9. The van der Waals surface area contributed by atoms with E-state index in [4.69, 9.17) is 0 Å². The van der Waals surface area contributed by atoms with E-state index in [2.05, 4.69) is 10.3 Å². The van der Waals surface area contributed by atoms with Crippen molar-refractivity contribution in [3.05, 3.63) is 48.5 Å². The molecule has 0 spiro atoms. The molecule has 86 valence electrons. The number of hydrogen-bond donors (Lipinski definition) is 1. The highest BCUT2D eigenvalue weighted by atomic mass is 16.2. The molecular formula is C12H11N3O2. The van der Waals surface area contributed by atoms with Crippen molar-refractivity contribution in [2.45, 2.75) is 6.54 Å². The normalized spacial score (nSPS) is 9.88. The van der Waals surface area contributed by atoms with Crippen molar-refractivity contribution >= 4 is 17.9 Å². The monoisotopic (exact) mass is 229 g/mol. The zero-order chi connectivity index (χ0) is 12.1. The minimum absolute atomic E-state index is 0.135. The molecule has 5 heteroatoms. The zero-order valence-electron chi connectivity index (χ0n) is 9.04. The van der Waals surface area contributed by atoms with Crippen molar-refractivity contribution in [3.63, 3.8) is 0 Å². The average molecular weight is 229 g/mol. The van der Waals surface area contributed by atoms with Gasteiger partial charge in [-0.25, -0.2) is 4.98 Å². The highest BCUT2D eigenvalue weighted by Gasteiger charge is 2.04. The van der Waals surface area contributed by atoms with Crippen molar-refractivity contribution in [2.75, 3.05) is 5.32 Å². The lowest BCUT2D eigenvalue weighted by atomic mass is 10.3. The predicted octanol–water partition coefficient (Wildman–Crippen LogP) is 1.33. The van der Waals surface area contributed by atoms with E-state index in [1.807, 2.05) is 30.3 Å². The number of aromatic nitrogens is 2. The molecule has 0 bridgehead atoms. The van der Waals surface area contributed by atoms with E-state index in [0.29, 0.717) is 12.0 Å². The molecule has 0 aliphatic heterocycles. The number of anilines is 1. The SMILES string of the molecule is O=Cc1cn(CC(=O)Nc2ccccc2)cn1. The van der Waals surface area contributed by atoms with E-state index in [9.17, 15) is 9.59 Å². The lowest BCUT2D eigenvalue weighted by molar-refractivity contribution is -0.116. The van der Waals surface area contributed by atoms with Gasteiger partial charge in [0.2, 0.25) is 5.91 Å². The highest BCUT2D eigenvalue weighted by Crippen LogP contribution is 2.05. The second-order valence-corrected chi connectivity index (χ2v) is 3.50. The molecule has 0 fully saturated rings. The van der Waals surface area contributed by atoms with Crippen LogP contribution in [0.4, 0.5) is 5.69 Å². The van der Waals surface area contributed by atoms with Crippen LogP contribution in [0.1, 0.15) is 10.5 Å². The second kappa shape index (κ2) is 5.07. The third-order valence-electron chi connectivity index (χ3n) is 2.16. The van der Waals surface area contributed by atoms with Crippen LogP contribution < -0.4 is 5.32 Å². The molecule has 1 heterocycles. The van der Waals surface area contributed by atoms with E-state index in [1.165, 1.54) is 12.5 Å². The van der Waals surface area contributed by atoms with Gasteiger partial charge in [-0.15, -0.1) is 0 Å². The molecule has 0 unspecified atom stereocenters. The standard InChI is InChI=1S/C12H11N3O2/c16-8-11-6-15(9-13-11)7-12(17)14-10-4-2-1-3-5-10/h1-6,8-9H,7H2,(H,14,17). The molecule has 0 radical (unpaired) electrons. The molecule has 2 aromatic rings. The predicted molar refractivity (Wildman–Crippen MR) is 62.7 cm³/mol. The van der Waals surface area contributed by atoms with Crippen molar-refractivity contribution < 1.29 is 9.59 Å². The van der Waals surface area contributed by atoms with Crippen LogP contribution in [-0.4, -0.2) is 21.7 Å². The summed E-state index contributed by atoms with van der Waals surface area (Å²) in [5.74, 6) is -0.161. The van der Waals surface area contributed by atoms with Crippen molar-refractivity contribution in [1.29, 1.82) is 0 Å². The summed E-state index contributed by atoms with van der Waals surface area (Å²) in [6.07, 6.45) is 3.62. The van der Waals surface area contributed by atoms with Gasteiger partial charge in [-0.2, -0.15) is 0 Å². The summed E-state index contributed by atoms with van der Waals surface area (Å²) in [5.41, 5.74) is 1.06. The minimum Gasteiger partial charge on any atom is -0.327 e. The summed E-state index contributed by atoms with van der Waals surface area (Å²) in [6, 6.07) is 9.18. The maximum Gasteiger partial charge on any atom is 0.244 e. The molecule has 0 saturated carbocycles. The maximum absolute atomic E-state index is 11.6. The first kappa shape index (κ1) is 11.1. The van der Waals surface area contributed by atoms with Crippen LogP contribution in [0.5, 0.6) is 0 Å². The number of aldehydes is 1. The Morgan fingerprint density at radius 3 is 2.76 bits per heavy atom. The van der Waals surface area contributed by atoms with Crippen molar-refractivity contribution in [1.82, 2.24) is 9.55 Å². The molecule has 0 aliphatic rings. The van der Waals surface area contributed by atoms with Crippen LogP contribution in [-0.2, 0) is 11.3 Å². The molecule has 17 heavy (non-hydrogen) atoms. The molecule has 5 nitrogen and oxygen atoms in total. The smallest absolute Gasteiger partial charge is 0.244 e. The Bertz CT molecular complexity index is 520. The lowest BCUT2D eigenvalue weighted by Crippen LogP contribution is -2.17. The van der Waals surface area contributed by atoms with E-state index in [-0.39, 0.29) is 12.5 Å². The number of amides is 1. The number of hydrogen-bond acceptors (Lipinski definition) is 3. The molecule has 0 aliphatic carbocycles. The Morgan fingerprint density at radius 2 is 2.12 bits per heavy atom. The molecule has 0 saturated heterocycles. The van der Waals surface area contributed by atoms with E-state index < -0.39 is 0 Å². The fourth-order valence-electron chi connectivity index (χ4n) is 1.41. The summed E-state index contributed by atoms with van der Waals surface area (Å²) in [5, 5.41) is 2.74. The number of rotatable bonds is 4. The van der Waals surface area contributed by atoms with Gasteiger partial charge in [0.05, 0.1) is 6.33 Å². The number of nitrogens with zero attached hydrogens (tertiary/aromatic N) is 2. The van der Waals surface area contributed by atoms with Crippen LogP contribution >= 0.6 is 0 Å². The Balaban J connectivity index is 1.95. The second-order valence-electron chi connectivity index (χ2n) is 3.50. The van der Waals surface area contributed by atoms with Gasteiger partial charge in [0, 0.05) is 11.9 Å². The van der Waals surface area contributed by atoms with E-state index in [1.54, 1.807) is 4.57 Å². The third-order valence-corrected chi connectivity index (χ3v) is 2.16. The number of carbonyl (C=O) groups is 2. The summed E-state index contributed by atoms with van der Waals surface area (Å²) < 4.78 is 1.56. The number of nitrogens with one attached hydrogen (secondary N) is 1. The third kappa shape index (κ3) is 3.01. The Kier molecular flexibility index (Phi) is 3.30. The van der Waals surface area contributed by atoms with Crippen LogP contribution in [0.2, 0.25) is 0 Å². The topological polar surface area (TPSA) is 64.0 Å². The van der Waals surface area contributed by atoms with Gasteiger partial charge in [0.15, 0.2) is 6.29 Å². The maximum atomic E-state index is 11.6. The van der Waals surface area contributed by atoms with Crippen LogP contribution in [0.15, 0.2) is 42.9 Å². The van der Waals surface area contributed by atoms with Gasteiger partial charge >= 0.3 is 0 Å². The molecule has 1 aromatic heterocycles. The molecule has 0 atom stereocenters. The van der Waals surface area contributed by atoms with E-state index in [0.717, 1.165) is 5.69 Å². The number of benzene rings is 1. The average Bonchev–Trinajstić information content (AvgIpc) is 2.78. The molecule has 1 amide bonds. The van der Waals surface area contributed by atoms with Gasteiger partial charge in [-0.05, 0) is 12.1 Å². The number of para-hydroxylation sites is 1. The fraction of sp³-hybridized carbons (Fsp3) is 0.0833. The summed E-state index contributed by atoms with van der Waals surface area (Å²) in [7, 11) is 0. The quantitative estimate of drug-likeness (QED) is 0.804. The number of imidazole rings is 1. The lowest BCUT2D eigenvalue weighted by Gasteiger charge is -2.04. The largest absolute Gasteiger partial charge is 0.327 e. The fourth-order valence-corrected chi connectivity index (χ4v) is 1.41. The molecule has 1 N–H and O–H groups in total. The van der Waals surface area contributed by atoms with Gasteiger partial charge in [0.25, 0.3) is 0 Å². The molecular weight excluding hydrogens is 218 g/mol. The van der Waals surface area contributed by atoms with Gasteiger partial charge < -0.3 is 9.88 Å². The van der Waals surface area contributed by atoms with Crippen LogP contribution in [0, 0.1) is 0 Å². The van der Waals surface area contributed by atoms with Crippen molar-refractivity contribution in [2.24, 2.45) is 0 Å². The first-order chi connectivity index (χ1) is 8.28. The Morgan fingerprint density at radius 1 is 1.35 bits per heavy atom. The molecule has 1 aromatic carbocycles. The summed E-state index contributed by atoms with van der Waals surface area (Å²) in [6.45, 7) is 0.135. The first-order valence-electron chi connectivity index (χ1n) is 5.10. The van der Waals surface area contributed by atoms with Crippen molar-refractivity contribution in [3.8, 4) is 0 Å². The summed E-state index contributed by atoms with van der Waals surface area (Å²) >= 11 is 0. The van der Waals surface area contributed by atoms with Crippen LogP contribution in [0.3, 0.4) is 0 Å². The van der Waals surface area contributed by atoms with Gasteiger partial charge in [-0.1, -0.05) is 18.2 Å². The Labute approximate surface area is 98.1 Å². The number of carbonyl (C=O) groups excluding carboxylic acids is 2. The minimum atomic E-state index is -0.161. The molecule has 2 rings (SSSR count). The van der Waals surface area contributed by atoms with Gasteiger partial charge in [0.1, 0.15) is 12.2 Å². The highest BCUT2D eigenvalue weighted by molar-refractivity contribution is 5.90. The van der Waals surface area contributed by atoms with E-state index >= 15 is 0 Å².